The Morgan fingerprint density at radius 1 is 1.41 bits per heavy atom. The van der Waals surface area contributed by atoms with Crippen LogP contribution in [0.5, 0.6) is 0 Å². The van der Waals surface area contributed by atoms with Crippen LogP contribution in [0.1, 0.15) is 45.4 Å². The highest BCUT2D eigenvalue weighted by atomic mass is 16.6. The van der Waals surface area contributed by atoms with Gasteiger partial charge in [0.15, 0.2) is 0 Å². The van der Waals surface area contributed by atoms with Crippen molar-refractivity contribution in [2.75, 3.05) is 0 Å². The summed E-state index contributed by atoms with van der Waals surface area (Å²) >= 11 is 0. The van der Waals surface area contributed by atoms with Gasteiger partial charge in [0.25, 0.3) is 0 Å². The van der Waals surface area contributed by atoms with Crippen LogP contribution in [0.25, 0.3) is 0 Å². The number of fused-ring (bicyclic) bond motifs is 5. The van der Waals surface area contributed by atoms with Crippen molar-refractivity contribution in [3.05, 3.63) is 12.2 Å². The maximum atomic E-state index is 11.8. The smallest absolute Gasteiger partial charge is 0.333 e. The van der Waals surface area contributed by atoms with E-state index in [1.54, 1.807) is 6.92 Å². The summed E-state index contributed by atoms with van der Waals surface area (Å²) in [4.78, 5) is 11.8. The first-order valence-corrected chi connectivity index (χ1v) is 6.59. The Labute approximate surface area is 102 Å². The molecule has 3 aliphatic carbocycles. The van der Waals surface area contributed by atoms with Crippen LogP contribution in [-0.4, -0.2) is 22.3 Å². The first-order chi connectivity index (χ1) is 7.98. The Morgan fingerprint density at radius 3 is 2.88 bits per heavy atom. The minimum atomic E-state index is -0.548. The lowest BCUT2D eigenvalue weighted by molar-refractivity contribution is -0.166. The molecule has 4 unspecified atom stereocenters. The van der Waals surface area contributed by atoms with Gasteiger partial charge in [-0.25, -0.2) is 4.79 Å². The van der Waals surface area contributed by atoms with Crippen LogP contribution in [0.4, 0.5) is 0 Å². The fraction of sp³-hybridized carbons (Fsp3) is 0.786. The number of esters is 1. The Balaban J connectivity index is 1.88. The maximum absolute atomic E-state index is 11.8. The normalized spacial score (nSPS) is 46.9. The molecule has 3 nitrogen and oxygen atoms in total. The van der Waals surface area contributed by atoms with Crippen LogP contribution in [0.15, 0.2) is 12.2 Å². The molecule has 3 fully saturated rings. The minimum Gasteiger partial charge on any atom is -0.455 e. The number of hydrogen-bond donors (Lipinski definition) is 1. The van der Waals surface area contributed by atoms with Crippen LogP contribution in [0.2, 0.25) is 0 Å². The van der Waals surface area contributed by atoms with E-state index in [0.717, 1.165) is 38.5 Å². The summed E-state index contributed by atoms with van der Waals surface area (Å²) in [5, 5.41) is 10.7. The molecule has 3 rings (SSSR count). The molecule has 0 radical (unpaired) electrons. The van der Waals surface area contributed by atoms with Crippen molar-refractivity contribution in [1.29, 1.82) is 0 Å². The quantitative estimate of drug-likeness (QED) is 0.590. The van der Waals surface area contributed by atoms with Crippen LogP contribution >= 0.6 is 0 Å². The number of ether oxygens (including phenoxy) is 1. The summed E-state index contributed by atoms with van der Waals surface area (Å²) in [6.07, 6.45) is 5.71. The highest BCUT2D eigenvalue weighted by Crippen LogP contribution is 2.64. The first kappa shape index (κ1) is 11.3. The summed E-state index contributed by atoms with van der Waals surface area (Å²) in [7, 11) is 0. The Bertz CT molecular complexity index is 389. The maximum Gasteiger partial charge on any atom is 0.333 e. The van der Waals surface area contributed by atoms with Crippen molar-refractivity contribution < 1.29 is 14.6 Å². The van der Waals surface area contributed by atoms with Crippen molar-refractivity contribution in [1.82, 2.24) is 0 Å². The van der Waals surface area contributed by atoms with Gasteiger partial charge >= 0.3 is 5.97 Å². The second-order valence-electron chi connectivity index (χ2n) is 6.11. The molecule has 0 spiro atoms. The van der Waals surface area contributed by atoms with Crippen molar-refractivity contribution in [2.24, 2.45) is 11.8 Å². The molecular weight excluding hydrogens is 216 g/mol. The fourth-order valence-electron chi connectivity index (χ4n) is 4.44. The van der Waals surface area contributed by atoms with Crippen molar-refractivity contribution >= 4 is 5.97 Å². The molecule has 0 saturated heterocycles. The second kappa shape index (κ2) is 3.35. The predicted octanol–water partition coefficient (Wildman–Crippen LogP) is 2.19. The van der Waals surface area contributed by atoms with Crippen LogP contribution in [0.3, 0.4) is 0 Å². The summed E-state index contributed by atoms with van der Waals surface area (Å²) < 4.78 is 5.73. The van der Waals surface area contributed by atoms with Gasteiger partial charge in [-0.15, -0.1) is 0 Å². The first-order valence-electron chi connectivity index (χ1n) is 6.59. The summed E-state index contributed by atoms with van der Waals surface area (Å²) in [5.41, 5.74) is -0.476. The van der Waals surface area contributed by atoms with Crippen LogP contribution < -0.4 is 0 Å². The number of carbonyl (C=O) groups excluding carboxylic acids is 1. The fourth-order valence-corrected chi connectivity index (χ4v) is 4.44. The molecule has 3 heteroatoms. The van der Waals surface area contributed by atoms with E-state index in [9.17, 15) is 9.90 Å². The average Bonchev–Trinajstić information content (AvgIpc) is 2.87. The zero-order valence-electron chi connectivity index (χ0n) is 10.4. The van der Waals surface area contributed by atoms with Gasteiger partial charge in [-0.2, -0.15) is 0 Å². The Morgan fingerprint density at radius 2 is 2.18 bits per heavy atom. The molecule has 1 N–H and O–H groups in total. The average molecular weight is 236 g/mol. The molecule has 3 aliphatic rings. The summed E-state index contributed by atoms with van der Waals surface area (Å²) in [5.74, 6) is 0.215. The van der Waals surface area contributed by atoms with Gasteiger partial charge in [-0.05, 0) is 44.9 Å². The van der Waals surface area contributed by atoms with E-state index in [-0.39, 0.29) is 17.5 Å². The van der Waals surface area contributed by atoms with Gasteiger partial charge in [-0.3, -0.25) is 0 Å². The van der Waals surface area contributed by atoms with E-state index in [2.05, 4.69) is 6.58 Å². The zero-order valence-corrected chi connectivity index (χ0v) is 10.4. The van der Waals surface area contributed by atoms with E-state index in [0.29, 0.717) is 11.5 Å². The Kier molecular flexibility index (Phi) is 2.22. The zero-order chi connectivity index (χ0) is 12.3. The van der Waals surface area contributed by atoms with Gasteiger partial charge in [0.05, 0.1) is 5.60 Å². The second-order valence-corrected chi connectivity index (χ2v) is 6.11. The Hall–Kier alpha value is -0.830. The van der Waals surface area contributed by atoms with Crippen molar-refractivity contribution in [3.8, 4) is 0 Å². The van der Waals surface area contributed by atoms with Gasteiger partial charge in [-0.1, -0.05) is 13.0 Å². The molecule has 0 aromatic carbocycles. The van der Waals surface area contributed by atoms with E-state index < -0.39 is 5.60 Å². The molecule has 4 atom stereocenters. The van der Waals surface area contributed by atoms with Crippen molar-refractivity contribution in [3.63, 3.8) is 0 Å². The molecule has 0 aliphatic heterocycles. The number of carbonyl (C=O) groups is 1. The van der Waals surface area contributed by atoms with Crippen molar-refractivity contribution in [2.45, 2.75) is 56.7 Å². The lowest BCUT2D eigenvalue weighted by atomic mass is 9.76. The summed E-state index contributed by atoms with van der Waals surface area (Å²) in [6.45, 7) is 5.32. The molecule has 3 saturated carbocycles. The number of hydrogen-bond acceptors (Lipinski definition) is 3. The third-order valence-corrected chi connectivity index (χ3v) is 5.17. The molecule has 17 heavy (non-hydrogen) atoms. The topological polar surface area (TPSA) is 46.5 Å². The lowest BCUT2D eigenvalue weighted by Gasteiger charge is -2.40. The van der Waals surface area contributed by atoms with Crippen LogP contribution in [-0.2, 0) is 9.53 Å². The molecule has 0 amide bonds. The molecule has 94 valence electrons. The summed E-state index contributed by atoms with van der Waals surface area (Å²) in [6, 6.07) is 0. The SMILES string of the molecule is C=C(C)C(=O)OC12CCC(C1)C1(O)CCCC21. The molecule has 0 aromatic heterocycles. The van der Waals surface area contributed by atoms with Crippen LogP contribution in [0, 0.1) is 11.8 Å². The third-order valence-electron chi connectivity index (χ3n) is 5.17. The highest BCUT2D eigenvalue weighted by molar-refractivity contribution is 5.87. The lowest BCUT2D eigenvalue weighted by Crippen LogP contribution is -2.47. The van der Waals surface area contributed by atoms with E-state index in [1.807, 2.05) is 0 Å². The molecule has 0 aromatic rings. The van der Waals surface area contributed by atoms with E-state index >= 15 is 0 Å². The van der Waals surface area contributed by atoms with Gasteiger partial charge < -0.3 is 9.84 Å². The molecular formula is C14H20O3. The molecule has 0 heterocycles. The van der Waals surface area contributed by atoms with Gasteiger partial charge in [0.1, 0.15) is 5.60 Å². The minimum absolute atomic E-state index is 0.164. The van der Waals surface area contributed by atoms with Gasteiger partial charge in [0, 0.05) is 11.5 Å². The highest BCUT2D eigenvalue weighted by Gasteiger charge is 2.68. The predicted molar refractivity (Wildman–Crippen MR) is 63.3 cm³/mol. The monoisotopic (exact) mass is 236 g/mol. The standard InChI is InChI=1S/C14H20O3/c1-9(2)12(15)17-13-7-5-10(8-13)14(16)6-3-4-11(13)14/h10-11,16H,1,3-8H2,2H3. The van der Waals surface area contributed by atoms with E-state index in [1.165, 1.54) is 0 Å². The largest absolute Gasteiger partial charge is 0.455 e. The number of rotatable bonds is 2. The van der Waals surface area contributed by atoms with Gasteiger partial charge in [0.2, 0.25) is 0 Å². The third kappa shape index (κ3) is 1.35. The van der Waals surface area contributed by atoms with E-state index in [4.69, 9.17) is 4.74 Å². The number of aliphatic hydroxyl groups is 1. The molecule has 2 bridgehead atoms.